The molecule has 1 N–H and O–H groups in total. The van der Waals surface area contributed by atoms with Crippen LogP contribution in [-0.2, 0) is 6.42 Å². The molecule has 0 amide bonds. The van der Waals surface area contributed by atoms with Gasteiger partial charge in [-0.3, -0.25) is 0 Å². The van der Waals surface area contributed by atoms with Gasteiger partial charge in [0.05, 0.1) is 9.52 Å². The van der Waals surface area contributed by atoms with E-state index < -0.39 is 0 Å². The summed E-state index contributed by atoms with van der Waals surface area (Å²) in [6, 6.07) is 12.6. The van der Waals surface area contributed by atoms with Crippen LogP contribution in [0.4, 0.5) is 0 Å². The molecule has 0 heterocycles. The van der Waals surface area contributed by atoms with Crippen molar-refractivity contribution in [2.24, 2.45) is 0 Å². The van der Waals surface area contributed by atoms with Crippen molar-refractivity contribution in [3.05, 3.63) is 53.1 Å². The Labute approximate surface area is 128 Å². The second-order valence-corrected chi connectivity index (χ2v) is 8.76. The molecule has 0 radical (unpaired) electrons. The van der Waals surface area contributed by atoms with Gasteiger partial charge in [0.25, 0.3) is 0 Å². The Morgan fingerprint density at radius 2 is 1.95 bits per heavy atom. The molecular formula is C17H22OSSi. The van der Waals surface area contributed by atoms with Crippen LogP contribution in [0.1, 0.15) is 23.6 Å². The van der Waals surface area contributed by atoms with E-state index >= 15 is 0 Å². The van der Waals surface area contributed by atoms with Crippen LogP contribution in [0.25, 0.3) is 0 Å². The van der Waals surface area contributed by atoms with Crippen molar-refractivity contribution in [3.63, 3.8) is 0 Å². The lowest BCUT2D eigenvalue weighted by Gasteiger charge is -2.09. The van der Waals surface area contributed by atoms with Crippen molar-refractivity contribution in [1.82, 2.24) is 0 Å². The van der Waals surface area contributed by atoms with Crippen molar-refractivity contribution >= 4 is 26.5 Å². The van der Waals surface area contributed by atoms with E-state index in [-0.39, 0.29) is 9.52 Å². The Kier molecular flexibility index (Phi) is 5.32. The van der Waals surface area contributed by atoms with E-state index in [2.05, 4.69) is 45.0 Å². The van der Waals surface area contributed by atoms with Gasteiger partial charge in [0.15, 0.2) is 0 Å². The van der Waals surface area contributed by atoms with Gasteiger partial charge in [-0.15, -0.1) is 11.8 Å². The quantitative estimate of drug-likeness (QED) is 0.676. The fraction of sp³-hybridized carbons (Fsp3) is 0.294. The Balaban J connectivity index is 1.98. The Bertz CT molecular complexity index is 596. The van der Waals surface area contributed by atoms with Crippen molar-refractivity contribution in [2.75, 3.05) is 5.38 Å². The largest absolute Gasteiger partial charge is 0.508 e. The molecule has 3 heteroatoms. The first kappa shape index (κ1) is 15.2. The highest BCUT2D eigenvalue weighted by Gasteiger charge is 2.04. The summed E-state index contributed by atoms with van der Waals surface area (Å²) in [5.74, 6) is 0.420. The Hall–Kier alpha value is -1.19. The van der Waals surface area contributed by atoms with Gasteiger partial charge in [0.1, 0.15) is 5.75 Å². The maximum absolute atomic E-state index is 9.70. The molecule has 0 aliphatic rings. The van der Waals surface area contributed by atoms with Crippen LogP contribution in [0.5, 0.6) is 5.75 Å². The van der Waals surface area contributed by atoms with Gasteiger partial charge < -0.3 is 5.11 Å². The van der Waals surface area contributed by atoms with Crippen molar-refractivity contribution < 1.29 is 5.11 Å². The standard InChI is InChI=1S/C17H22OSSi/c1-4-14-10-15(8-9-16(14)18)19-11-20-17-7-5-6-12(2)13(17)3/h5-10,18H,4,11,20H2,1-3H3. The molecule has 0 spiro atoms. The van der Waals surface area contributed by atoms with E-state index in [1.165, 1.54) is 21.4 Å². The second-order valence-electron chi connectivity index (χ2n) is 5.10. The van der Waals surface area contributed by atoms with Crippen LogP contribution in [0.3, 0.4) is 0 Å². The summed E-state index contributed by atoms with van der Waals surface area (Å²) in [4.78, 5) is 1.28. The second kappa shape index (κ2) is 7.00. The maximum atomic E-state index is 9.70. The van der Waals surface area contributed by atoms with Crippen LogP contribution in [0.2, 0.25) is 0 Å². The van der Waals surface area contributed by atoms with Crippen molar-refractivity contribution in [2.45, 2.75) is 32.1 Å². The van der Waals surface area contributed by atoms with Gasteiger partial charge in [-0.2, -0.15) is 0 Å². The van der Waals surface area contributed by atoms with E-state index in [1.807, 2.05) is 23.9 Å². The number of benzene rings is 2. The van der Waals surface area contributed by atoms with E-state index in [0.717, 1.165) is 12.0 Å². The minimum absolute atomic E-state index is 0.233. The minimum atomic E-state index is -0.233. The lowest BCUT2D eigenvalue weighted by Crippen LogP contribution is -2.20. The van der Waals surface area contributed by atoms with E-state index in [0.29, 0.717) is 5.75 Å². The molecule has 0 saturated carbocycles. The summed E-state index contributed by atoms with van der Waals surface area (Å²) < 4.78 is 0. The molecule has 20 heavy (non-hydrogen) atoms. The molecule has 0 saturated heterocycles. The maximum Gasteiger partial charge on any atom is 0.118 e. The fourth-order valence-electron chi connectivity index (χ4n) is 2.30. The zero-order valence-electron chi connectivity index (χ0n) is 12.4. The third kappa shape index (κ3) is 3.67. The molecule has 0 aliphatic heterocycles. The highest BCUT2D eigenvalue weighted by atomic mass is 32.2. The SMILES string of the molecule is CCc1cc(SC[SiH2]c2cccc(C)c2C)ccc1O. The molecule has 1 nitrogen and oxygen atoms in total. The molecule has 0 atom stereocenters. The molecule has 0 unspecified atom stereocenters. The van der Waals surface area contributed by atoms with Crippen LogP contribution < -0.4 is 5.19 Å². The number of phenolic OH excluding ortho intramolecular Hbond substituents is 1. The Morgan fingerprint density at radius 1 is 1.15 bits per heavy atom. The molecule has 0 aliphatic carbocycles. The summed E-state index contributed by atoms with van der Waals surface area (Å²) >= 11 is 1.92. The van der Waals surface area contributed by atoms with E-state index in [4.69, 9.17) is 0 Å². The fourth-order valence-corrected chi connectivity index (χ4v) is 5.87. The number of aryl methyl sites for hydroxylation is 2. The third-order valence-corrected chi connectivity index (χ3v) is 7.31. The molecule has 106 valence electrons. The van der Waals surface area contributed by atoms with Crippen molar-refractivity contribution in [3.8, 4) is 5.75 Å². The summed E-state index contributed by atoms with van der Waals surface area (Å²) in [6.07, 6.45) is 0.884. The molecule has 2 aromatic rings. The highest BCUT2D eigenvalue weighted by molar-refractivity contribution is 8.00. The molecule has 2 rings (SSSR count). The lowest BCUT2D eigenvalue weighted by molar-refractivity contribution is 0.468. The van der Waals surface area contributed by atoms with E-state index in [1.54, 1.807) is 5.19 Å². The first-order chi connectivity index (χ1) is 9.61. The first-order valence-corrected chi connectivity index (χ1v) is 9.81. The summed E-state index contributed by atoms with van der Waals surface area (Å²) in [5.41, 5.74) is 3.92. The number of hydrogen-bond acceptors (Lipinski definition) is 2. The van der Waals surface area contributed by atoms with Crippen LogP contribution in [0.15, 0.2) is 41.3 Å². The minimum Gasteiger partial charge on any atom is -0.508 e. The predicted octanol–water partition coefficient (Wildman–Crippen LogP) is 3.12. The van der Waals surface area contributed by atoms with Crippen LogP contribution >= 0.6 is 11.8 Å². The summed E-state index contributed by atoms with van der Waals surface area (Å²) in [7, 11) is -0.233. The smallest absolute Gasteiger partial charge is 0.118 e. The normalized spacial score (nSPS) is 11.3. The molecule has 0 fully saturated rings. The van der Waals surface area contributed by atoms with Crippen LogP contribution in [0, 0.1) is 13.8 Å². The number of aromatic hydroxyl groups is 1. The number of thioether (sulfide) groups is 1. The van der Waals surface area contributed by atoms with Gasteiger partial charge >= 0.3 is 0 Å². The molecular weight excluding hydrogens is 280 g/mol. The zero-order valence-corrected chi connectivity index (χ0v) is 14.7. The average molecular weight is 303 g/mol. The van der Waals surface area contributed by atoms with Gasteiger partial charge in [-0.1, -0.05) is 30.3 Å². The van der Waals surface area contributed by atoms with Crippen molar-refractivity contribution in [1.29, 1.82) is 0 Å². The van der Waals surface area contributed by atoms with E-state index in [9.17, 15) is 5.11 Å². The van der Waals surface area contributed by atoms with Gasteiger partial charge in [-0.05, 0) is 60.5 Å². The Morgan fingerprint density at radius 3 is 2.70 bits per heavy atom. The molecule has 0 aromatic heterocycles. The lowest BCUT2D eigenvalue weighted by atomic mass is 10.1. The summed E-state index contributed by atoms with van der Waals surface area (Å²) in [5, 5.41) is 12.5. The zero-order chi connectivity index (χ0) is 14.5. The van der Waals surface area contributed by atoms with Crippen LogP contribution in [-0.4, -0.2) is 20.0 Å². The molecule has 0 bridgehead atoms. The highest BCUT2D eigenvalue weighted by Crippen LogP contribution is 2.25. The summed E-state index contributed by atoms with van der Waals surface area (Å²) in [6.45, 7) is 6.50. The number of rotatable bonds is 5. The van der Waals surface area contributed by atoms with Gasteiger partial charge in [0, 0.05) is 4.90 Å². The first-order valence-electron chi connectivity index (χ1n) is 7.11. The average Bonchev–Trinajstić information content (AvgIpc) is 2.45. The monoisotopic (exact) mass is 302 g/mol. The molecule has 2 aromatic carbocycles. The number of phenols is 1. The third-order valence-electron chi connectivity index (χ3n) is 3.79. The van der Waals surface area contributed by atoms with Gasteiger partial charge in [0.2, 0.25) is 0 Å². The number of hydrogen-bond donors (Lipinski definition) is 1. The van der Waals surface area contributed by atoms with Gasteiger partial charge in [-0.25, -0.2) is 0 Å². The topological polar surface area (TPSA) is 20.2 Å². The predicted molar refractivity (Wildman–Crippen MR) is 92.3 cm³/mol.